The Bertz CT molecular complexity index is 428. The molecular formula is C14H25N5. The summed E-state index contributed by atoms with van der Waals surface area (Å²) < 4.78 is 0. The summed E-state index contributed by atoms with van der Waals surface area (Å²) in [4.78, 5) is 11.3. The molecule has 0 bridgehead atoms. The minimum atomic E-state index is 0.805. The van der Waals surface area contributed by atoms with E-state index in [2.05, 4.69) is 46.4 Å². The van der Waals surface area contributed by atoms with Gasteiger partial charge in [-0.2, -0.15) is 0 Å². The number of nitrogens with zero attached hydrogens (tertiary/aromatic N) is 3. The Morgan fingerprint density at radius 2 is 1.79 bits per heavy atom. The zero-order valence-corrected chi connectivity index (χ0v) is 12.5. The SMILES string of the molecule is CCNc1nc(C)nc(NCCN(C)C2CC2)c1C. The van der Waals surface area contributed by atoms with Crippen molar-refractivity contribution in [2.45, 2.75) is 39.7 Å². The molecule has 1 fully saturated rings. The average Bonchev–Trinajstić information content (AvgIpc) is 3.19. The van der Waals surface area contributed by atoms with E-state index in [9.17, 15) is 0 Å². The van der Waals surface area contributed by atoms with Crippen molar-refractivity contribution in [1.82, 2.24) is 14.9 Å². The quantitative estimate of drug-likeness (QED) is 0.788. The minimum Gasteiger partial charge on any atom is -0.370 e. The number of hydrogen-bond donors (Lipinski definition) is 2. The molecule has 5 nitrogen and oxygen atoms in total. The van der Waals surface area contributed by atoms with Crippen LogP contribution in [-0.2, 0) is 0 Å². The molecule has 2 rings (SSSR count). The summed E-state index contributed by atoms with van der Waals surface area (Å²) >= 11 is 0. The summed E-state index contributed by atoms with van der Waals surface area (Å²) in [5.74, 6) is 2.69. The van der Waals surface area contributed by atoms with Crippen molar-refractivity contribution in [3.05, 3.63) is 11.4 Å². The minimum absolute atomic E-state index is 0.805. The van der Waals surface area contributed by atoms with Gasteiger partial charge < -0.3 is 15.5 Å². The zero-order valence-electron chi connectivity index (χ0n) is 12.5. The van der Waals surface area contributed by atoms with Gasteiger partial charge in [0, 0.05) is 31.2 Å². The highest BCUT2D eigenvalue weighted by atomic mass is 15.2. The monoisotopic (exact) mass is 263 g/mol. The van der Waals surface area contributed by atoms with E-state index in [0.29, 0.717) is 0 Å². The lowest BCUT2D eigenvalue weighted by Crippen LogP contribution is -2.27. The van der Waals surface area contributed by atoms with Crippen molar-refractivity contribution < 1.29 is 0 Å². The van der Waals surface area contributed by atoms with E-state index in [-0.39, 0.29) is 0 Å². The lowest BCUT2D eigenvalue weighted by Gasteiger charge is -2.17. The number of likely N-dealkylation sites (N-methyl/N-ethyl adjacent to an activating group) is 1. The van der Waals surface area contributed by atoms with Gasteiger partial charge in [-0.3, -0.25) is 0 Å². The number of nitrogens with one attached hydrogen (secondary N) is 2. The van der Waals surface area contributed by atoms with Crippen LogP contribution in [0.15, 0.2) is 0 Å². The van der Waals surface area contributed by atoms with Crippen LogP contribution < -0.4 is 10.6 Å². The Hall–Kier alpha value is -1.36. The van der Waals surface area contributed by atoms with Crippen molar-refractivity contribution in [2.75, 3.05) is 37.3 Å². The van der Waals surface area contributed by atoms with Crippen LogP contribution in [0.1, 0.15) is 31.2 Å². The first kappa shape index (κ1) is 14.1. The lowest BCUT2D eigenvalue weighted by molar-refractivity contribution is 0.337. The Labute approximate surface area is 115 Å². The molecule has 0 aliphatic heterocycles. The zero-order chi connectivity index (χ0) is 13.8. The molecule has 0 radical (unpaired) electrons. The average molecular weight is 263 g/mol. The van der Waals surface area contributed by atoms with Crippen molar-refractivity contribution in [1.29, 1.82) is 0 Å². The highest BCUT2D eigenvalue weighted by Crippen LogP contribution is 2.25. The molecule has 1 saturated carbocycles. The van der Waals surface area contributed by atoms with E-state index in [1.54, 1.807) is 0 Å². The number of aromatic nitrogens is 2. The topological polar surface area (TPSA) is 53.1 Å². The number of aryl methyl sites for hydroxylation is 1. The van der Waals surface area contributed by atoms with Crippen molar-refractivity contribution in [3.8, 4) is 0 Å². The van der Waals surface area contributed by atoms with Crippen LogP contribution in [0.3, 0.4) is 0 Å². The second-order valence-corrected chi connectivity index (χ2v) is 5.26. The third-order valence-corrected chi connectivity index (χ3v) is 3.53. The fourth-order valence-electron chi connectivity index (χ4n) is 2.19. The lowest BCUT2D eigenvalue weighted by atomic mass is 10.3. The van der Waals surface area contributed by atoms with Gasteiger partial charge in [0.05, 0.1) is 0 Å². The molecule has 0 amide bonds. The Balaban J connectivity index is 1.94. The maximum absolute atomic E-state index is 4.49. The van der Waals surface area contributed by atoms with E-state index >= 15 is 0 Å². The maximum atomic E-state index is 4.49. The van der Waals surface area contributed by atoms with Crippen LogP contribution in [0.4, 0.5) is 11.6 Å². The molecule has 2 N–H and O–H groups in total. The van der Waals surface area contributed by atoms with Gasteiger partial charge in [-0.05, 0) is 40.7 Å². The summed E-state index contributed by atoms with van der Waals surface area (Å²) in [5.41, 5.74) is 1.10. The largest absolute Gasteiger partial charge is 0.370 e. The maximum Gasteiger partial charge on any atom is 0.134 e. The standard InChI is InChI=1S/C14H25N5/c1-5-15-13-10(2)14(18-11(3)17-13)16-8-9-19(4)12-6-7-12/h12H,5-9H2,1-4H3,(H2,15,16,17,18). The molecule has 0 atom stereocenters. The molecule has 0 unspecified atom stereocenters. The highest BCUT2D eigenvalue weighted by molar-refractivity contribution is 5.57. The molecule has 0 spiro atoms. The second kappa shape index (κ2) is 6.19. The van der Waals surface area contributed by atoms with Crippen LogP contribution in [0.2, 0.25) is 0 Å². The highest BCUT2D eigenvalue weighted by Gasteiger charge is 2.25. The van der Waals surface area contributed by atoms with E-state index < -0.39 is 0 Å². The van der Waals surface area contributed by atoms with E-state index in [1.807, 2.05) is 6.92 Å². The Morgan fingerprint density at radius 1 is 1.16 bits per heavy atom. The molecule has 1 aromatic heterocycles. The first-order chi connectivity index (χ1) is 9.11. The smallest absolute Gasteiger partial charge is 0.134 e. The number of anilines is 2. The summed E-state index contributed by atoms with van der Waals surface area (Å²) in [6.45, 7) is 8.93. The molecule has 1 heterocycles. The molecular weight excluding hydrogens is 238 g/mol. The van der Waals surface area contributed by atoms with Gasteiger partial charge in [-0.25, -0.2) is 9.97 Å². The van der Waals surface area contributed by atoms with Gasteiger partial charge in [0.25, 0.3) is 0 Å². The number of rotatable bonds is 7. The van der Waals surface area contributed by atoms with E-state index in [0.717, 1.165) is 48.7 Å². The van der Waals surface area contributed by atoms with Gasteiger partial charge in [-0.15, -0.1) is 0 Å². The first-order valence-corrected chi connectivity index (χ1v) is 7.15. The van der Waals surface area contributed by atoms with Crippen molar-refractivity contribution in [3.63, 3.8) is 0 Å². The molecule has 0 saturated heterocycles. The third kappa shape index (κ3) is 3.80. The summed E-state index contributed by atoms with van der Waals surface area (Å²) in [7, 11) is 2.20. The van der Waals surface area contributed by atoms with E-state index in [4.69, 9.17) is 0 Å². The summed E-state index contributed by atoms with van der Waals surface area (Å²) in [6, 6.07) is 0.812. The molecule has 0 aromatic carbocycles. The van der Waals surface area contributed by atoms with Gasteiger partial charge in [0.15, 0.2) is 0 Å². The summed E-state index contributed by atoms with van der Waals surface area (Å²) in [5, 5.41) is 6.72. The van der Waals surface area contributed by atoms with Crippen molar-refractivity contribution in [2.24, 2.45) is 0 Å². The fraction of sp³-hybridized carbons (Fsp3) is 0.714. The Kier molecular flexibility index (Phi) is 4.58. The molecule has 1 aliphatic rings. The predicted octanol–water partition coefficient (Wildman–Crippen LogP) is 2.03. The molecule has 19 heavy (non-hydrogen) atoms. The summed E-state index contributed by atoms with van der Waals surface area (Å²) in [6.07, 6.45) is 2.71. The van der Waals surface area contributed by atoms with Crippen LogP contribution in [0.5, 0.6) is 0 Å². The molecule has 106 valence electrons. The Morgan fingerprint density at radius 3 is 2.37 bits per heavy atom. The fourth-order valence-corrected chi connectivity index (χ4v) is 2.19. The van der Waals surface area contributed by atoms with Crippen LogP contribution in [0.25, 0.3) is 0 Å². The van der Waals surface area contributed by atoms with Gasteiger partial charge >= 0.3 is 0 Å². The molecule has 1 aliphatic carbocycles. The second-order valence-electron chi connectivity index (χ2n) is 5.26. The van der Waals surface area contributed by atoms with Crippen molar-refractivity contribution >= 4 is 11.6 Å². The van der Waals surface area contributed by atoms with Crippen LogP contribution in [0, 0.1) is 13.8 Å². The molecule has 1 aromatic rings. The van der Waals surface area contributed by atoms with Gasteiger partial charge in [0.1, 0.15) is 17.5 Å². The van der Waals surface area contributed by atoms with Gasteiger partial charge in [-0.1, -0.05) is 0 Å². The van der Waals surface area contributed by atoms with E-state index in [1.165, 1.54) is 12.8 Å². The number of hydrogen-bond acceptors (Lipinski definition) is 5. The first-order valence-electron chi connectivity index (χ1n) is 7.15. The van der Waals surface area contributed by atoms with Crippen LogP contribution >= 0.6 is 0 Å². The predicted molar refractivity (Wildman–Crippen MR) is 79.8 cm³/mol. The van der Waals surface area contributed by atoms with Gasteiger partial charge in [0.2, 0.25) is 0 Å². The third-order valence-electron chi connectivity index (χ3n) is 3.53. The normalized spacial score (nSPS) is 14.8. The molecule has 5 heteroatoms. The van der Waals surface area contributed by atoms with Crippen LogP contribution in [-0.4, -0.2) is 47.6 Å².